The van der Waals surface area contributed by atoms with Crippen LogP contribution in [-0.2, 0) is 16.0 Å². The van der Waals surface area contributed by atoms with E-state index in [1.165, 1.54) is 12.1 Å². The molecule has 1 aliphatic carbocycles. The summed E-state index contributed by atoms with van der Waals surface area (Å²) in [5.41, 5.74) is 0.604. The molecule has 2 aliphatic rings. The molecule has 6 nitrogen and oxygen atoms in total. The minimum absolute atomic E-state index is 0.00611. The second kappa shape index (κ2) is 6.50. The van der Waals surface area contributed by atoms with Gasteiger partial charge < -0.3 is 14.9 Å². The van der Waals surface area contributed by atoms with Crippen molar-refractivity contribution in [1.29, 1.82) is 0 Å². The number of hydrogen-bond acceptors (Lipinski definition) is 3. The molecule has 6 heteroatoms. The molecule has 134 valence electrons. The fourth-order valence-corrected chi connectivity index (χ4v) is 3.43. The number of hydrogen-bond donors (Lipinski definition) is 1. The monoisotopic (exact) mass is 344 g/mol. The highest BCUT2D eigenvalue weighted by atomic mass is 16.4. The third-order valence-corrected chi connectivity index (χ3v) is 5.00. The number of piperazine rings is 1. The first-order valence-corrected chi connectivity index (χ1v) is 8.69. The molecule has 0 radical (unpaired) electrons. The minimum Gasteiger partial charge on any atom is -0.478 e. The zero-order chi connectivity index (χ0) is 18.2. The maximum absolute atomic E-state index is 12.7. The lowest BCUT2D eigenvalue weighted by Crippen LogP contribution is -2.62. The van der Waals surface area contributed by atoms with E-state index in [2.05, 4.69) is 0 Å². The molecule has 1 saturated heterocycles. The molecule has 1 aliphatic heterocycles. The van der Waals surface area contributed by atoms with Crippen LogP contribution in [0.15, 0.2) is 24.3 Å². The number of carbonyl (C=O) groups excluding carboxylic acids is 2. The summed E-state index contributed by atoms with van der Waals surface area (Å²) in [4.78, 5) is 39.6. The maximum atomic E-state index is 12.7. The second-order valence-corrected chi connectivity index (χ2v) is 7.57. The van der Waals surface area contributed by atoms with Crippen LogP contribution in [0.2, 0.25) is 0 Å². The molecule has 1 aromatic carbocycles. The van der Waals surface area contributed by atoms with E-state index in [1.54, 1.807) is 12.1 Å². The van der Waals surface area contributed by atoms with Gasteiger partial charge in [0.2, 0.25) is 11.8 Å². The van der Waals surface area contributed by atoms with Gasteiger partial charge in [0.25, 0.3) is 0 Å². The number of carbonyl (C=O) groups is 3. The van der Waals surface area contributed by atoms with Gasteiger partial charge in [-0.05, 0) is 44.4 Å². The van der Waals surface area contributed by atoms with Crippen LogP contribution in [0.25, 0.3) is 0 Å². The number of amides is 2. The molecule has 25 heavy (non-hydrogen) atoms. The van der Waals surface area contributed by atoms with Crippen molar-refractivity contribution in [3.05, 3.63) is 35.4 Å². The Morgan fingerprint density at radius 1 is 1.12 bits per heavy atom. The Balaban J connectivity index is 1.63. The van der Waals surface area contributed by atoms with Gasteiger partial charge >= 0.3 is 5.97 Å². The normalized spacial score (nSPS) is 19.6. The van der Waals surface area contributed by atoms with Crippen molar-refractivity contribution in [2.75, 3.05) is 19.6 Å². The summed E-state index contributed by atoms with van der Waals surface area (Å²) in [5, 5.41) is 8.94. The van der Waals surface area contributed by atoms with E-state index in [4.69, 9.17) is 5.11 Å². The zero-order valence-electron chi connectivity index (χ0n) is 14.7. The SMILES string of the molecule is CC1(C)CN(C(=O)C2CC2)CCN1C(=O)Cc1ccc(C(=O)O)cc1. The van der Waals surface area contributed by atoms with Gasteiger partial charge in [-0.3, -0.25) is 9.59 Å². The first-order chi connectivity index (χ1) is 11.8. The number of nitrogens with zero attached hydrogens (tertiary/aromatic N) is 2. The Morgan fingerprint density at radius 3 is 2.28 bits per heavy atom. The summed E-state index contributed by atoms with van der Waals surface area (Å²) in [6, 6.07) is 6.40. The first kappa shape index (κ1) is 17.5. The molecule has 2 fully saturated rings. The second-order valence-electron chi connectivity index (χ2n) is 7.57. The van der Waals surface area contributed by atoms with Gasteiger partial charge in [0.05, 0.1) is 17.5 Å². The Hall–Kier alpha value is -2.37. The Labute approximate surface area is 147 Å². The van der Waals surface area contributed by atoms with Gasteiger partial charge in [-0.1, -0.05) is 12.1 Å². The number of rotatable bonds is 4. The average molecular weight is 344 g/mol. The summed E-state index contributed by atoms with van der Waals surface area (Å²) in [5.74, 6) is -0.544. The van der Waals surface area contributed by atoms with Gasteiger partial charge in [-0.2, -0.15) is 0 Å². The number of aromatic carboxylic acids is 1. The highest BCUT2D eigenvalue weighted by Gasteiger charge is 2.41. The van der Waals surface area contributed by atoms with Gasteiger partial charge in [0.1, 0.15) is 0 Å². The molecule has 2 amide bonds. The van der Waals surface area contributed by atoms with Crippen molar-refractivity contribution in [3.63, 3.8) is 0 Å². The number of carboxylic acid groups (broad SMARTS) is 1. The van der Waals surface area contributed by atoms with Crippen molar-refractivity contribution in [3.8, 4) is 0 Å². The summed E-state index contributed by atoms with van der Waals surface area (Å²) in [6.45, 7) is 5.67. The standard InChI is InChI=1S/C19H24N2O4/c1-19(2)12-20(17(23)14-7-8-14)9-10-21(19)16(22)11-13-3-5-15(6-4-13)18(24)25/h3-6,14H,7-12H2,1-2H3,(H,24,25). The van der Waals surface area contributed by atoms with E-state index < -0.39 is 11.5 Å². The van der Waals surface area contributed by atoms with Crippen molar-refractivity contribution in [2.24, 2.45) is 5.92 Å². The van der Waals surface area contributed by atoms with Gasteiger partial charge in [-0.15, -0.1) is 0 Å². The lowest BCUT2D eigenvalue weighted by atomic mass is 9.97. The fraction of sp³-hybridized carbons (Fsp3) is 0.526. The fourth-order valence-electron chi connectivity index (χ4n) is 3.43. The highest BCUT2D eigenvalue weighted by molar-refractivity contribution is 5.88. The van der Waals surface area contributed by atoms with E-state index >= 15 is 0 Å². The zero-order valence-corrected chi connectivity index (χ0v) is 14.7. The lowest BCUT2D eigenvalue weighted by molar-refractivity contribution is -0.147. The molecule has 1 heterocycles. The van der Waals surface area contributed by atoms with Crippen molar-refractivity contribution < 1.29 is 19.5 Å². The third-order valence-electron chi connectivity index (χ3n) is 5.00. The Kier molecular flexibility index (Phi) is 4.54. The van der Waals surface area contributed by atoms with Crippen LogP contribution in [0.3, 0.4) is 0 Å². The predicted octanol–water partition coefficient (Wildman–Crippen LogP) is 1.79. The summed E-state index contributed by atoms with van der Waals surface area (Å²) < 4.78 is 0. The molecule has 0 aromatic heterocycles. The molecule has 0 unspecified atom stereocenters. The molecule has 0 bridgehead atoms. The summed E-state index contributed by atoms with van der Waals surface area (Å²) in [7, 11) is 0. The van der Waals surface area contributed by atoms with E-state index in [-0.39, 0.29) is 29.7 Å². The van der Waals surface area contributed by atoms with Gasteiger partial charge in [0, 0.05) is 25.6 Å². The van der Waals surface area contributed by atoms with Crippen LogP contribution >= 0.6 is 0 Å². The van der Waals surface area contributed by atoms with Crippen LogP contribution < -0.4 is 0 Å². The smallest absolute Gasteiger partial charge is 0.335 e. The van der Waals surface area contributed by atoms with Crippen molar-refractivity contribution in [1.82, 2.24) is 9.80 Å². The first-order valence-electron chi connectivity index (χ1n) is 8.69. The quantitative estimate of drug-likeness (QED) is 0.903. The van der Waals surface area contributed by atoms with E-state index in [1.807, 2.05) is 23.6 Å². The topological polar surface area (TPSA) is 77.9 Å². The molecule has 0 atom stereocenters. The predicted molar refractivity (Wildman–Crippen MR) is 92.2 cm³/mol. The van der Waals surface area contributed by atoms with Crippen LogP contribution in [0, 0.1) is 5.92 Å². The minimum atomic E-state index is -0.976. The van der Waals surface area contributed by atoms with Crippen LogP contribution in [0.1, 0.15) is 42.6 Å². The molecular weight excluding hydrogens is 320 g/mol. The van der Waals surface area contributed by atoms with Gasteiger partial charge in [-0.25, -0.2) is 4.79 Å². The van der Waals surface area contributed by atoms with Crippen LogP contribution in [0.5, 0.6) is 0 Å². The van der Waals surface area contributed by atoms with Crippen molar-refractivity contribution >= 4 is 17.8 Å². The largest absolute Gasteiger partial charge is 0.478 e. The van der Waals surface area contributed by atoms with E-state index in [9.17, 15) is 14.4 Å². The highest BCUT2D eigenvalue weighted by Crippen LogP contribution is 2.33. The van der Waals surface area contributed by atoms with Crippen LogP contribution in [-0.4, -0.2) is 57.9 Å². The summed E-state index contributed by atoms with van der Waals surface area (Å²) >= 11 is 0. The molecule has 0 spiro atoms. The van der Waals surface area contributed by atoms with Crippen LogP contribution in [0.4, 0.5) is 0 Å². The average Bonchev–Trinajstić information content (AvgIpc) is 3.38. The molecule has 3 rings (SSSR count). The lowest BCUT2D eigenvalue weighted by Gasteiger charge is -2.47. The molecular formula is C19H24N2O4. The number of benzene rings is 1. The Bertz CT molecular complexity index is 692. The Morgan fingerprint density at radius 2 is 1.76 bits per heavy atom. The molecule has 1 N–H and O–H groups in total. The summed E-state index contributed by atoms with van der Waals surface area (Å²) in [6.07, 6.45) is 2.22. The van der Waals surface area contributed by atoms with E-state index in [0.717, 1.165) is 18.4 Å². The van der Waals surface area contributed by atoms with E-state index in [0.29, 0.717) is 19.6 Å². The van der Waals surface area contributed by atoms with Gasteiger partial charge in [0.15, 0.2) is 0 Å². The molecule has 1 aromatic rings. The maximum Gasteiger partial charge on any atom is 0.335 e. The number of carboxylic acids is 1. The molecule has 1 saturated carbocycles. The van der Waals surface area contributed by atoms with Crippen molar-refractivity contribution in [2.45, 2.75) is 38.6 Å². The third kappa shape index (κ3) is 3.83.